The van der Waals surface area contributed by atoms with Crippen molar-refractivity contribution in [2.45, 2.75) is 6.18 Å². The van der Waals surface area contributed by atoms with Crippen LogP contribution in [0.4, 0.5) is 18.9 Å². The van der Waals surface area contributed by atoms with Gasteiger partial charge in [-0.2, -0.15) is 13.2 Å². The predicted octanol–water partition coefficient (Wildman–Crippen LogP) is 6.34. The van der Waals surface area contributed by atoms with Crippen LogP contribution in [0.25, 0.3) is 22.2 Å². The molecule has 0 spiro atoms. The number of nitrogens with zero attached hydrogens (tertiary/aromatic N) is 1. The second-order valence-electron chi connectivity index (χ2n) is 7.02. The van der Waals surface area contributed by atoms with Crippen molar-refractivity contribution in [3.8, 4) is 17.0 Å². The first-order chi connectivity index (χ1) is 15.8. The summed E-state index contributed by atoms with van der Waals surface area (Å²) in [6, 6.07) is 19.0. The molecule has 4 aromatic rings. The van der Waals surface area contributed by atoms with Gasteiger partial charge in [0.05, 0.1) is 34.5 Å². The number of aromatic nitrogens is 1. The van der Waals surface area contributed by atoms with E-state index < -0.39 is 17.6 Å². The molecule has 3 aromatic carbocycles. The molecular formula is C24H17ClF3N3O2. The molecule has 0 bridgehead atoms. The highest BCUT2D eigenvalue weighted by Gasteiger charge is 2.31. The number of para-hydroxylation sites is 1. The van der Waals surface area contributed by atoms with Gasteiger partial charge in [-0.25, -0.2) is 4.98 Å². The fourth-order valence-electron chi connectivity index (χ4n) is 3.39. The van der Waals surface area contributed by atoms with Gasteiger partial charge in [-0.05, 0) is 24.3 Å². The zero-order valence-corrected chi connectivity index (χ0v) is 18.0. The Morgan fingerprint density at radius 3 is 2.39 bits per heavy atom. The Balaban J connectivity index is 1.76. The van der Waals surface area contributed by atoms with E-state index in [0.29, 0.717) is 16.6 Å². The van der Waals surface area contributed by atoms with Gasteiger partial charge in [0.25, 0.3) is 5.91 Å². The highest BCUT2D eigenvalue weighted by Crippen LogP contribution is 2.37. The number of hydrogen-bond donors (Lipinski definition) is 2. The number of benzene rings is 3. The average molecular weight is 472 g/mol. The van der Waals surface area contributed by atoms with E-state index in [1.54, 1.807) is 24.3 Å². The Kier molecular flexibility index (Phi) is 6.11. The van der Waals surface area contributed by atoms with E-state index in [0.717, 1.165) is 23.8 Å². The van der Waals surface area contributed by atoms with Crippen LogP contribution in [-0.2, 0) is 6.18 Å². The quantitative estimate of drug-likeness (QED) is 0.333. The van der Waals surface area contributed by atoms with Crippen LogP contribution in [0.15, 0.2) is 72.8 Å². The molecule has 0 atom stereocenters. The summed E-state index contributed by atoms with van der Waals surface area (Å²) in [4.78, 5) is 17.9. The smallest absolute Gasteiger partial charge is 0.416 e. The topological polar surface area (TPSA) is 63.2 Å². The van der Waals surface area contributed by atoms with Crippen LogP contribution in [0, 0.1) is 0 Å². The van der Waals surface area contributed by atoms with Crippen molar-refractivity contribution >= 4 is 34.1 Å². The van der Waals surface area contributed by atoms with Crippen LogP contribution in [0.3, 0.4) is 0 Å². The molecule has 2 N–H and O–H groups in total. The van der Waals surface area contributed by atoms with Crippen LogP contribution in [-0.4, -0.2) is 18.0 Å². The summed E-state index contributed by atoms with van der Waals surface area (Å²) in [5.41, 5.74) is 5.86. The van der Waals surface area contributed by atoms with E-state index >= 15 is 0 Å². The Labute approximate surface area is 192 Å². The van der Waals surface area contributed by atoms with Crippen LogP contribution in [0.1, 0.15) is 15.9 Å². The lowest BCUT2D eigenvalue weighted by Gasteiger charge is -2.17. The first-order valence-electron chi connectivity index (χ1n) is 9.75. The lowest BCUT2D eigenvalue weighted by Crippen LogP contribution is -2.30. The maximum absolute atomic E-state index is 13.2. The minimum atomic E-state index is -4.56. The van der Waals surface area contributed by atoms with Crippen LogP contribution >= 0.6 is 11.6 Å². The number of fused-ring (bicyclic) bond motifs is 1. The fourth-order valence-corrected chi connectivity index (χ4v) is 3.56. The molecule has 1 heterocycles. The number of rotatable bonds is 5. The number of alkyl halides is 3. The molecule has 0 unspecified atom stereocenters. The molecule has 1 aromatic heterocycles. The van der Waals surface area contributed by atoms with E-state index in [2.05, 4.69) is 15.8 Å². The molecule has 0 radical (unpaired) electrons. The predicted molar refractivity (Wildman–Crippen MR) is 121 cm³/mol. The monoisotopic (exact) mass is 471 g/mol. The Morgan fingerprint density at radius 2 is 1.70 bits per heavy atom. The number of pyridine rings is 1. The number of carbonyl (C=O) groups excluding carboxylic acids is 1. The third-order valence-electron chi connectivity index (χ3n) is 4.93. The van der Waals surface area contributed by atoms with E-state index in [4.69, 9.17) is 16.3 Å². The van der Waals surface area contributed by atoms with E-state index in [-0.39, 0.29) is 22.0 Å². The van der Waals surface area contributed by atoms with Gasteiger partial charge < -0.3 is 4.74 Å². The Hall–Kier alpha value is -3.78. The number of methoxy groups -OCH3 is 1. The molecule has 168 valence electrons. The molecule has 9 heteroatoms. The summed E-state index contributed by atoms with van der Waals surface area (Å²) in [5.74, 6) is -0.398. The summed E-state index contributed by atoms with van der Waals surface area (Å²) < 4.78 is 44.8. The summed E-state index contributed by atoms with van der Waals surface area (Å²) in [5, 5.41) is 0.531. The SMILES string of the molecule is COc1c(-c2ccccc2)nc2ccccc2c1C(=O)NNc1cc(C(F)(F)F)ccc1Cl. The zero-order valence-electron chi connectivity index (χ0n) is 17.2. The first kappa shape index (κ1) is 22.4. The Morgan fingerprint density at radius 1 is 1.00 bits per heavy atom. The van der Waals surface area contributed by atoms with Gasteiger partial charge in [-0.1, -0.05) is 60.1 Å². The van der Waals surface area contributed by atoms with Crippen molar-refractivity contribution in [3.63, 3.8) is 0 Å². The third-order valence-corrected chi connectivity index (χ3v) is 5.26. The first-order valence-corrected chi connectivity index (χ1v) is 10.1. The van der Waals surface area contributed by atoms with Gasteiger partial charge >= 0.3 is 6.18 Å². The van der Waals surface area contributed by atoms with Gasteiger partial charge in [0.1, 0.15) is 5.69 Å². The highest BCUT2D eigenvalue weighted by atomic mass is 35.5. The second-order valence-corrected chi connectivity index (χ2v) is 7.43. The summed E-state index contributed by atoms with van der Waals surface area (Å²) >= 11 is 6.02. The number of hydrazine groups is 1. The van der Waals surface area contributed by atoms with E-state index in [9.17, 15) is 18.0 Å². The standard InChI is InChI=1S/C24H17ClF3N3O2/c1-33-22-20(23(32)31-30-19-13-15(24(26,27)28)11-12-17(19)25)16-9-5-6-10-18(16)29-21(22)14-7-3-2-4-8-14/h2-13,30H,1H3,(H,31,32). The molecule has 0 aliphatic carbocycles. The van der Waals surface area contributed by atoms with Gasteiger partial charge in [0.2, 0.25) is 0 Å². The van der Waals surface area contributed by atoms with Gasteiger partial charge in [0.15, 0.2) is 5.75 Å². The summed E-state index contributed by atoms with van der Waals surface area (Å²) in [6.07, 6.45) is -4.56. The third kappa shape index (κ3) is 4.56. The molecule has 0 aliphatic rings. The lowest BCUT2D eigenvalue weighted by molar-refractivity contribution is -0.137. The minimum Gasteiger partial charge on any atom is -0.494 e. The number of halogens is 4. The summed E-state index contributed by atoms with van der Waals surface area (Å²) in [6.45, 7) is 0. The van der Waals surface area contributed by atoms with Crippen molar-refractivity contribution in [3.05, 3.63) is 88.9 Å². The van der Waals surface area contributed by atoms with Crippen LogP contribution in [0.5, 0.6) is 5.75 Å². The molecule has 5 nitrogen and oxygen atoms in total. The molecule has 0 saturated carbocycles. The number of amides is 1. The number of carbonyl (C=O) groups is 1. The number of nitrogens with one attached hydrogen (secondary N) is 2. The van der Waals surface area contributed by atoms with Crippen LogP contribution < -0.4 is 15.6 Å². The second kappa shape index (κ2) is 8.99. The van der Waals surface area contributed by atoms with Gasteiger partial charge in [-0.3, -0.25) is 15.6 Å². The number of ether oxygens (including phenoxy) is 1. The highest BCUT2D eigenvalue weighted by molar-refractivity contribution is 6.33. The normalized spacial score (nSPS) is 11.3. The van der Waals surface area contributed by atoms with E-state index in [1.165, 1.54) is 7.11 Å². The maximum Gasteiger partial charge on any atom is 0.416 e. The van der Waals surface area contributed by atoms with Gasteiger partial charge in [-0.15, -0.1) is 0 Å². The van der Waals surface area contributed by atoms with Gasteiger partial charge in [0, 0.05) is 10.9 Å². The Bertz CT molecular complexity index is 1330. The molecule has 4 rings (SSSR count). The lowest BCUT2D eigenvalue weighted by atomic mass is 10.0. The number of anilines is 1. The molecule has 0 fully saturated rings. The van der Waals surface area contributed by atoms with Crippen molar-refractivity contribution in [1.29, 1.82) is 0 Å². The van der Waals surface area contributed by atoms with Crippen molar-refractivity contribution in [2.24, 2.45) is 0 Å². The molecule has 0 saturated heterocycles. The van der Waals surface area contributed by atoms with Crippen molar-refractivity contribution < 1.29 is 22.7 Å². The molecule has 33 heavy (non-hydrogen) atoms. The average Bonchev–Trinajstić information content (AvgIpc) is 2.81. The van der Waals surface area contributed by atoms with Crippen LogP contribution in [0.2, 0.25) is 5.02 Å². The number of hydrogen-bond acceptors (Lipinski definition) is 4. The largest absolute Gasteiger partial charge is 0.494 e. The fraction of sp³-hybridized carbons (Fsp3) is 0.0833. The van der Waals surface area contributed by atoms with Crippen molar-refractivity contribution in [2.75, 3.05) is 12.5 Å². The summed E-state index contributed by atoms with van der Waals surface area (Å²) in [7, 11) is 1.42. The van der Waals surface area contributed by atoms with E-state index in [1.807, 2.05) is 30.3 Å². The molecule has 1 amide bonds. The maximum atomic E-state index is 13.2. The molecule has 0 aliphatic heterocycles. The molecular weight excluding hydrogens is 455 g/mol. The zero-order chi connectivity index (χ0) is 23.6. The minimum absolute atomic E-state index is 0.0137. The van der Waals surface area contributed by atoms with Crippen molar-refractivity contribution in [1.82, 2.24) is 10.4 Å².